The number of amidine groups is 2. The van der Waals surface area contributed by atoms with Crippen molar-refractivity contribution in [3.63, 3.8) is 0 Å². The Bertz CT molecular complexity index is 1970. The topological polar surface area (TPSA) is 156 Å². The van der Waals surface area contributed by atoms with Crippen LogP contribution in [0.25, 0.3) is 4.85 Å². The van der Waals surface area contributed by atoms with Gasteiger partial charge in [-0.1, -0.05) is 17.7 Å². The fraction of sp³-hybridized carbons (Fsp3) is 0.344. The van der Waals surface area contributed by atoms with E-state index in [-0.39, 0.29) is 39.6 Å². The molecule has 0 amide bonds. The van der Waals surface area contributed by atoms with E-state index in [4.69, 9.17) is 35.4 Å². The van der Waals surface area contributed by atoms with Crippen molar-refractivity contribution in [2.45, 2.75) is 54.9 Å². The quantitative estimate of drug-likeness (QED) is 0.102. The molecule has 284 valence electrons. The highest BCUT2D eigenvalue weighted by molar-refractivity contribution is 6.33. The summed E-state index contributed by atoms with van der Waals surface area (Å²) >= 11 is 5.98. The summed E-state index contributed by atoms with van der Waals surface area (Å²) in [5.74, 6) is -2.53. The number of Topliss-reactive ketones (excluding diaryl/α,β-unsaturated/α-hetero) is 1. The Morgan fingerprint density at radius 1 is 0.849 bits per heavy atom. The number of anilines is 1. The maximum atomic E-state index is 14.6. The van der Waals surface area contributed by atoms with E-state index in [1.165, 1.54) is 18.2 Å². The third-order valence-corrected chi connectivity index (χ3v) is 8.29. The maximum Gasteiger partial charge on any atom is 0.425 e. The number of nitrogens with zero attached hydrogens (tertiary/aromatic N) is 4. The Kier molecular flexibility index (Phi) is 11.7. The normalized spacial score (nSPS) is 22.9. The molecule has 1 aromatic heterocycles. The van der Waals surface area contributed by atoms with Crippen LogP contribution < -0.4 is 17.2 Å². The number of ketones is 1. The molecule has 4 atom stereocenters. The molecule has 21 heteroatoms. The van der Waals surface area contributed by atoms with E-state index in [9.17, 15) is 48.7 Å². The Labute approximate surface area is 298 Å². The third-order valence-electron chi connectivity index (χ3n) is 8.00. The predicted octanol–water partition coefficient (Wildman–Crippen LogP) is 6.92. The monoisotopic (exact) mass is 781 g/mol. The molecular formula is C32H26ClF10N7O3. The van der Waals surface area contributed by atoms with Gasteiger partial charge < -0.3 is 26.7 Å². The molecule has 53 heavy (non-hydrogen) atoms. The Morgan fingerprint density at radius 3 is 1.79 bits per heavy atom. The second-order valence-corrected chi connectivity index (χ2v) is 12.1. The molecule has 0 saturated carbocycles. The van der Waals surface area contributed by atoms with E-state index in [0.29, 0.717) is 0 Å². The van der Waals surface area contributed by atoms with Crippen molar-refractivity contribution < 1.29 is 58.2 Å². The van der Waals surface area contributed by atoms with Gasteiger partial charge in [0.1, 0.15) is 41.8 Å². The number of nitrogens with two attached hydrogens (primary N) is 3. The van der Waals surface area contributed by atoms with Gasteiger partial charge in [-0.15, -0.1) is 0 Å². The molecule has 0 aliphatic carbocycles. The van der Waals surface area contributed by atoms with Crippen LogP contribution in [0.5, 0.6) is 0 Å². The second-order valence-electron chi connectivity index (χ2n) is 11.7. The largest absolute Gasteiger partial charge is 0.452 e. The fourth-order valence-electron chi connectivity index (χ4n) is 5.47. The molecule has 0 bridgehead atoms. The minimum absolute atomic E-state index is 0.0686. The van der Waals surface area contributed by atoms with Crippen molar-refractivity contribution in [2.24, 2.45) is 21.5 Å². The van der Waals surface area contributed by atoms with Gasteiger partial charge in [0.2, 0.25) is 5.69 Å². The molecular weight excluding hydrogens is 756 g/mol. The van der Waals surface area contributed by atoms with Gasteiger partial charge in [0.15, 0.2) is 18.0 Å². The molecule has 2 aliphatic rings. The van der Waals surface area contributed by atoms with Crippen molar-refractivity contribution >= 4 is 40.8 Å². The molecule has 3 heterocycles. The maximum absolute atomic E-state index is 14.6. The molecule has 6 N–H and O–H groups in total. The molecule has 0 radical (unpaired) electrons. The first-order valence-corrected chi connectivity index (χ1v) is 15.2. The molecule has 0 unspecified atom stereocenters. The van der Waals surface area contributed by atoms with Crippen molar-refractivity contribution in [3.05, 3.63) is 99.1 Å². The summed E-state index contributed by atoms with van der Waals surface area (Å²) in [6, 6.07) is 5.85. The second kappa shape index (κ2) is 15.3. The van der Waals surface area contributed by atoms with Crippen molar-refractivity contribution in [3.8, 4) is 0 Å². The lowest BCUT2D eigenvalue weighted by Gasteiger charge is -2.36. The zero-order chi connectivity index (χ0) is 39.5. The highest BCUT2D eigenvalue weighted by Gasteiger charge is 2.53. The summed E-state index contributed by atoms with van der Waals surface area (Å²) in [5.41, 5.74) is 11.0. The number of benzene rings is 2. The average Bonchev–Trinajstić information content (AvgIpc) is 3.08. The van der Waals surface area contributed by atoms with E-state index < -0.39 is 96.9 Å². The van der Waals surface area contributed by atoms with E-state index >= 15 is 0 Å². The number of aliphatic imine (C=N–C) groups is 2. The standard InChI is InChI=1S/C20H14ClF5N4O2.C12H12F5N3O/c1-28-11-6-13(21)17(29-8-11)15(31)5-10-2-3-14(23)12(4-10)19(9-22)7-16(20(24,25)26)32-18(27)30-19;13-5-11(7-3-6(18)1-2-8(7)14)4-9(12(15,16)17)21-10(19)20-11/h2-4,6,8,16H,5,7,9H2,(H2,27,30);1-3,9H,4-5,18H2,(H2,19,20)/t16-,19+;9-,11+/m00/s1. The zero-order valence-electron chi connectivity index (χ0n) is 26.7. The summed E-state index contributed by atoms with van der Waals surface area (Å²) in [6.07, 6.45) is -15.7. The molecule has 3 aromatic rings. The van der Waals surface area contributed by atoms with E-state index in [1.807, 2.05) is 0 Å². The van der Waals surface area contributed by atoms with Crippen molar-refractivity contribution in [2.75, 3.05) is 19.1 Å². The van der Waals surface area contributed by atoms with Crippen LogP contribution in [-0.4, -0.2) is 60.7 Å². The number of hydrogen-bond acceptors (Lipinski definition) is 9. The van der Waals surface area contributed by atoms with Gasteiger partial charge in [-0.25, -0.2) is 32.4 Å². The smallest absolute Gasteiger partial charge is 0.425 e. The summed E-state index contributed by atoms with van der Waals surface area (Å²) in [5, 5.41) is -0.0686. The van der Waals surface area contributed by atoms with Crippen LogP contribution in [0.4, 0.5) is 55.3 Å². The summed E-state index contributed by atoms with van der Waals surface area (Å²) in [4.78, 5) is 26.8. The van der Waals surface area contributed by atoms with E-state index in [0.717, 1.165) is 30.5 Å². The van der Waals surface area contributed by atoms with Crippen LogP contribution in [0.2, 0.25) is 5.02 Å². The lowest BCUT2D eigenvalue weighted by atomic mass is 9.83. The number of alkyl halides is 8. The van der Waals surface area contributed by atoms with Gasteiger partial charge >= 0.3 is 12.4 Å². The Hall–Kier alpha value is -5.32. The summed E-state index contributed by atoms with van der Waals surface area (Å²) in [7, 11) is 0. The van der Waals surface area contributed by atoms with Crippen molar-refractivity contribution in [1.29, 1.82) is 0 Å². The van der Waals surface area contributed by atoms with Gasteiger partial charge in [-0.05, 0) is 42.0 Å². The van der Waals surface area contributed by atoms with Crippen molar-refractivity contribution in [1.82, 2.24) is 4.98 Å². The molecule has 10 nitrogen and oxygen atoms in total. The minimum Gasteiger partial charge on any atom is -0.452 e. The lowest BCUT2D eigenvalue weighted by Crippen LogP contribution is -2.48. The van der Waals surface area contributed by atoms with Crippen LogP contribution in [0, 0.1) is 18.2 Å². The summed E-state index contributed by atoms with van der Waals surface area (Å²) in [6.45, 7) is 4.06. The van der Waals surface area contributed by atoms with Crippen LogP contribution in [-0.2, 0) is 27.0 Å². The minimum atomic E-state index is -4.88. The van der Waals surface area contributed by atoms with Gasteiger partial charge in [-0.2, -0.15) is 26.3 Å². The highest BCUT2D eigenvalue weighted by atomic mass is 35.5. The molecule has 2 aliphatic heterocycles. The van der Waals surface area contributed by atoms with Gasteiger partial charge in [0.25, 0.3) is 12.0 Å². The van der Waals surface area contributed by atoms with E-state index in [2.05, 4.69) is 29.3 Å². The van der Waals surface area contributed by atoms with Gasteiger partial charge in [0.05, 0.1) is 11.6 Å². The first-order chi connectivity index (χ1) is 24.7. The SMILES string of the molecule is NC1=N[C@](CF)(c2cc(N)ccc2F)C[C@@H](C(F)(F)F)O1.[C-]#[N+]c1cnc(C(=O)Cc2ccc(F)c([C@]3(CF)C[C@@H](C(F)(F)F)OC(N)=N3)c2)c(Cl)c1. The molecule has 5 rings (SSSR count). The Balaban J connectivity index is 0.000000258. The number of rotatable bonds is 7. The zero-order valence-corrected chi connectivity index (χ0v) is 27.5. The summed E-state index contributed by atoms with van der Waals surface area (Å²) < 4.78 is 143. The lowest BCUT2D eigenvalue weighted by molar-refractivity contribution is -0.209. The van der Waals surface area contributed by atoms with Gasteiger partial charge in [-0.3, -0.25) is 9.78 Å². The number of pyridine rings is 1. The van der Waals surface area contributed by atoms with Crippen LogP contribution in [0.3, 0.4) is 0 Å². The number of halogens is 11. The highest BCUT2D eigenvalue weighted by Crippen LogP contribution is 2.43. The number of carbonyl (C=O) groups is 1. The first kappa shape index (κ1) is 40.5. The van der Waals surface area contributed by atoms with Crippen LogP contribution >= 0.6 is 11.6 Å². The van der Waals surface area contributed by atoms with Gasteiger partial charge in [0, 0.05) is 42.3 Å². The fourth-order valence-corrected chi connectivity index (χ4v) is 5.74. The molecule has 2 aromatic carbocycles. The third kappa shape index (κ3) is 9.01. The number of ether oxygens (including phenoxy) is 2. The molecule has 0 fully saturated rings. The number of aromatic nitrogens is 1. The first-order valence-electron chi connectivity index (χ1n) is 14.9. The molecule has 0 saturated heterocycles. The number of carbonyl (C=O) groups excluding carboxylic acids is 1. The van der Waals surface area contributed by atoms with E-state index in [1.54, 1.807) is 0 Å². The predicted molar refractivity (Wildman–Crippen MR) is 170 cm³/mol. The van der Waals surface area contributed by atoms with Crippen LogP contribution in [0.1, 0.15) is 40.0 Å². The number of hydrogen-bond donors (Lipinski definition) is 3. The molecule has 0 spiro atoms. The van der Waals surface area contributed by atoms with Crippen LogP contribution in [0.15, 0.2) is 58.6 Å². The Morgan fingerprint density at radius 2 is 1.34 bits per heavy atom. The average molecular weight is 782 g/mol. The number of nitrogen functional groups attached to an aromatic ring is 1.